The molecule has 2 N–H and O–H groups in total. The van der Waals surface area contributed by atoms with E-state index in [9.17, 15) is 9.90 Å². The van der Waals surface area contributed by atoms with Gasteiger partial charge in [-0.05, 0) is 42.5 Å². The molecule has 2 aromatic rings. The second kappa shape index (κ2) is 9.97. The van der Waals surface area contributed by atoms with Crippen LogP contribution in [0.15, 0.2) is 54.6 Å². The summed E-state index contributed by atoms with van der Waals surface area (Å²) in [4.78, 5) is 12.3. The van der Waals surface area contributed by atoms with E-state index in [1.165, 1.54) is 5.56 Å². The SMILES string of the molecule is CC(C)c1cccc(O[C@@H](C)C(=O)NC[C@@H](CO)Cc2ccccc2)c1. The average Bonchev–Trinajstić information content (AvgIpc) is 2.65. The Morgan fingerprint density at radius 3 is 2.46 bits per heavy atom. The van der Waals surface area contributed by atoms with E-state index in [2.05, 4.69) is 25.2 Å². The zero-order valence-electron chi connectivity index (χ0n) is 15.8. The van der Waals surface area contributed by atoms with E-state index >= 15 is 0 Å². The Morgan fingerprint density at radius 1 is 1.08 bits per heavy atom. The smallest absolute Gasteiger partial charge is 0.260 e. The van der Waals surface area contributed by atoms with Gasteiger partial charge in [-0.2, -0.15) is 0 Å². The van der Waals surface area contributed by atoms with Crippen molar-refractivity contribution in [2.75, 3.05) is 13.2 Å². The van der Waals surface area contributed by atoms with Crippen LogP contribution >= 0.6 is 0 Å². The Hall–Kier alpha value is -2.33. The molecular weight excluding hydrogens is 326 g/mol. The predicted molar refractivity (Wildman–Crippen MR) is 104 cm³/mol. The van der Waals surface area contributed by atoms with E-state index in [0.717, 1.165) is 12.0 Å². The molecule has 2 atom stereocenters. The van der Waals surface area contributed by atoms with Gasteiger partial charge in [0.05, 0.1) is 0 Å². The maximum atomic E-state index is 12.3. The monoisotopic (exact) mass is 355 g/mol. The molecule has 0 saturated carbocycles. The number of carbonyl (C=O) groups excluding carboxylic acids is 1. The van der Waals surface area contributed by atoms with Crippen molar-refractivity contribution in [1.82, 2.24) is 5.32 Å². The molecule has 0 heterocycles. The van der Waals surface area contributed by atoms with Crippen LogP contribution < -0.4 is 10.1 Å². The van der Waals surface area contributed by atoms with Gasteiger partial charge >= 0.3 is 0 Å². The van der Waals surface area contributed by atoms with Crippen LogP contribution in [0, 0.1) is 5.92 Å². The lowest BCUT2D eigenvalue weighted by Crippen LogP contribution is -2.40. The van der Waals surface area contributed by atoms with Gasteiger partial charge in [0.2, 0.25) is 0 Å². The molecule has 0 unspecified atom stereocenters. The highest BCUT2D eigenvalue weighted by atomic mass is 16.5. The maximum absolute atomic E-state index is 12.3. The van der Waals surface area contributed by atoms with Crippen molar-refractivity contribution in [1.29, 1.82) is 0 Å². The molecular formula is C22H29NO3. The number of hydrogen-bond donors (Lipinski definition) is 2. The highest BCUT2D eigenvalue weighted by Gasteiger charge is 2.17. The number of carbonyl (C=O) groups is 1. The Kier molecular flexibility index (Phi) is 7.67. The molecule has 0 aromatic heterocycles. The molecule has 0 saturated heterocycles. The minimum Gasteiger partial charge on any atom is -0.481 e. The summed E-state index contributed by atoms with van der Waals surface area (Å²) in [6.07, 6.45) is 0.136. The van der Waals surface area contributed by atoms with Gasteiger partial charge < -0.3 is 15.2 Å². The molecule has 0 aliphatic carbocycles. The van der Waals surface area contributed by atoms with E-state index in [1.807, 2.05) is 48.5 Å². The first-order valence-electron chi connectivity index (χ1n) is 9.18. The zero-order chi connectivity index (χ0) is 18.9. The number of benzene rings is 2. The number of aliphatic hydroxyl groups is 1. The van der Waals surface area contributed by atoms with Crippen molar-refractivity contribution in [2.45, 2.75) is 39.2 Å². The summed E-state index contributed by atoms with van der Waals surface area (Å²) in [5, 5.41) is 12.5. The third-order valence-electron chi connectivity index (χ3n) is 4.40. The molecule has 4 nitrogen and oxygen atoms in total. The van der Waals surface area contributed by atoms with Crippen molar-refractivity contribution < 1.29 is 14.6 Å². The van der Waals surface area contributed by atoms with Gasteiger partial charge in [0, 0.05) is 19.1 Å². The van der Waals surface area contributed by atoms with E-state index in [4.69, 9.17) is 4.74 Å². The molecule has 0 bridgehead atoms. The Morgan fingerprint density at radius 2 is 1.81 bits per heavy atom. The summed E-state index contributed by atoms with van der Waals surface area (Å²) < 4.78 is 5.78. The molecule has 4 heteroatoms. The molecule has 2 aromatic carbocycles. The highest BCUT2D eigenvalue weighted by molar-refractivity contribution is 5.80. The lowest BCUT2D eigenvalue weighted by molar-refractivity contribution is -0.127. The first kappa shape index (κ1) is 20.0. The first-order chi connectivity index (χ1) is 12.5. The standard InChI is InChI=1S/C22H29NO3/c1-16(2)20-10-7-11-21(13-20)26-17(3)22(25)23-14-19(15-24)12-18-8-5-4-6-9-18/h4-11,13,16-17,19,24H,12,14-15H2,1-3H3,(H,23,25)/t17-,19-/m0/s1. The van der Waals surface area contributed by atoms with Gasteiger partial charge in [-0.25, -0.2) is 0 Å². The maximum Gasteiger partial charge on any atom is 0.260 e. The van der Waals surface area contributed by atoms with Crippen molar-refractivity contribution in [3.63, 3.8) is 0 Å². The minimum absolute atomic E-state index is 0.0159. The summed E-state index contributed by atoms with van der Waals surface area (Å²) in [5.41, 5.74) is 2.33. The third kappa shape index (κ3) is 6.19. The van der Waals surface area contributed by atoms with Crippen LogP contribution in [0.2, 0.25) is 0 Å². The van der Waals surface area contributed by atoms with Crippen molar-refractivity contribution in [3.05, 3.63) is 65.7 Å². The zero-order valence-corrected chi connectivity index (χ0v) is 15.8. The van der Waals surface area contributed by atoms with Gasteiger partial charge in [-0.1, -0.05) is 56.3 Å². The van der Waals surface area contributed by atoms with Gasteiger partial charge in [0.15, 0.2) is 6.10 Å². The van der Waals surface area contributed by atoms with E-state index in [0.29, 0.717) is 18.2 Å². The van der Waals surface area contributed by atoms with Crippen molar-refractivity contribution in [2.24, 2.45) is 5.92 Å². The molecule has 2 rings (SSSR count). The van der Waals surface area contributed by atoms with Gasteiger partial charge in [-0.3, -0.25) is 4.79 Å². The number of aliphatic hydroxyl groups excluding tert-OH is 1. The van der Waals surface area contributed by atoms with Crippen LogP contribution in [0.5, 0.6) is 5.75 Å². The number of ether oxygens (including phenoxy) is 1. The summed E-state index contributed by atoms with van der Waals surface area (Å²) in [5.74, 6) is 0.914. The van der Waals surface area contributed by atoms with Crippen LogP contribution in [0.3, 0.4) is 0 Å². The molecule has 26 heavy (non-hydrogen) atoms. The highest BCUT2D eigenvalue weighted by Crippen LogP contribution is 2.21. The summed E-state index contributed by atoms with van der Waals surface area (Å²) in [7, 11) is 0. The average molecular weight is 355 g/mol. The van der Waals surface area contributed by atoms with Crippen LogP contribution in [-0.2, 0) is 11.2 Å². The van der Waals surface area contributed by atoms with Gasteiger partial charge in [-0.15, -0.1) is 0 Å². The van der Waals surface area contributed by atoms with E-state index in [-0.39, 0.29) is 18.4 Å². The Labute approximate surface area is 156 Å². The molecule has 1 amide bonds. The summed E-state index contributed by atoms with van der Waals surface area (Å²) in [6.45, 7) is 6.43. The normalized spacial score (nSPS) is 13.3. The number of rotatable bonds is 9. The minimum atomic E-state index is -0.589. The lowest BCUT2D eigenvalue weighted by atomic mass is 10.00. The molecule has 140 valence electrons. The topological polar surface area (TPSA) is 58.6 Å². The molecule has 0 spiro atoms. The fourth-order valence-corrected chi connectivity index (χ4v) is 2.74. The fourth-order valence-electron chi connectivity index (χ4n) is 2.74. The van der Waals surface area contributed by atoms with Gasteiger partial charge in [0.1, 0.15) is 5.75 Å². The Bertz CT molecular complexity index is 685. The van der Waals surface area contributed by atoms with E-state index in [1.54, 1.807) is 6.92 Å². The van der Waals surface area contributed by atoms with Crippen LogP contribution in [0.1, 0.15) is 37.8 Å². The molecule has 0 aliphatic heterocycles. The summed E-state index contributed by atoms with van der Waals surface area (Å²) in [6, 6.07) is 17.8. The second-order valence-electron chi connectivity index (χ2n) is 6.97. The van der Waals surface area contributed by atoms with Crippen molar-refractivity contribution >= 4 is 5.91 Å². The number of nitrogens with one attached hydrogen (secondary N) is 1. The molecule has 0 radical (unpaired) electrons. The summed E-state index contributed by atoms with van der Waals surface area (Å²) >= 11 is 0. The van der Waals surface area contributed by atoms with E-state index < -0.39 is 6.10 Å². The Balaban J connectivity index is 1.85. The fraction of sp³-hybridized carbons (Fsp3) is 0.409. The quantitative estimate of drug-likeness (QED) is 0.723. The van der Waals surface area contributed by atoms with Crippen LogP contribution in [-0.4, -0.2) is 30.3 Å². The third-order valence-corrected chi connectivity index (χ3v) is 4.40. The molecule has 0 fully saturated rings. The second-order valence-corrected chi connectivity index (χ2v) is 6.97. The number of amides is 1. The first-order valence-corrected chi connectivity index (χ1v) is 9.18. The van der Waals surface area contributed by atoms with Crippen molar-refractivity contribution in [3.8, 4) is 5.75 Å². The van der Waals surface area contributed by atoms with Crippen LogP contribution in [0.25, 0.3) is 0 Å². The van der Waals surface area contributed by atoms with Crippen LogP contribution in [0.4, 0.5) is 0 Å². The number of hydrogen-bond acceptors (Lipinski definition) is 3. The molecule has 0 aliphatic rings. The lowest BCUT2D eigenvalue weighted by Gasteiger charge is -2.19. The van der Waals surface area contributed by atoms with Gasteiger partial charge in [0.25, 0.3) is 5.91 Å². The largest absolute Gasteiger partial charge is 0.481 e. The predicted octanol–water partition coefficient (Wildman–Crippen LogP) is 3.54.